The number of rotatable bonds is 3. The zero-order valence-corrected chi connectivity index (χ0v) is 11.3. The van der Waals surface area contributed by atoms with Crippen LogP contribution in [-0.2, 0) is 4.79 Å². The Morgan fingerprint density at radius 3 is 2.19 bits per heavy atom. The number of nitrogens with zero attached hydrogens (tertiary/aromatic N) is 1. The van der Waals surface area contributed by atoms with E-state index in [0.717, 1.165) is 0 Å². The lowest BCUT2D eigenvalue weighted by Gasteiger charge is -2.06. The first-order valence-corrected chi connectivity index (χ1v) is 6.18. The molecule has 104 valence electrons. The molecule has 0 atom stereocenters. The van der Waals surface area contributed by atoms with Crippen molar-refractivity contribution in [2.75, 3.05) is 5.32 Å². The molecular weight excluding hydrogens is 268 g/mol. The third-order valence-electron chi connectivity index (χ3n) is 2.63. The van der Waals surface area contributed by atoms with Crippen molar-refractivity contribution in [2.45, 2.75) is 6.92 Å². The van der Waals surface area contributed by atoms with Crippen LogP contribution in [0.4, 0.5) is 5.69 Å². The van der Waals surface area contributed by atoms with Crippen LogP contribution in [0.5, 0.6) is 5.75 Å². The highest BCUT2D eigenvalue weighted by molar-refractivity contribution is 5.93. The quantitative estimate of drug-likeness (QED) is 0.692. The molecule has 0 aliphatic carbocycles. The number of nitriles is 1. The number of carbonyl (C=O) groups excluding carboxylic acids is 2. The highest BCUT2D eigenvalue weighted by atomic mass is 16.5. The Hall–Kier alpha value is -3.13. The zero-order chi connectivity index (χ0) is 15.2. The molecule has 5 heteroatoms. The van der Waals surface area contributed by atoms with Gasteiger partial charge in [-0.3, -0.25) is 4.79 Å². The normalized spacial score (nSPS) is 9.52. The van der Waals surface area contributed by atoms with Crippen LogP contribution in [0, 0.1) is 11.3 Å². The van der Waals surface area contributed by atoms with Crippen LogP contribution in [0.2, 0.25) is 0 Å². The van der Waals surface area contributed by atoms with Crippen LogP contribution in [0.25, 0.3) is 0 Å². The molecule has 1 amide bonds. The predicted molar refractivity (Wildman–Crippen MR) is 76.9 cm³/mol. The summed E-state index contributed by atoms with van der Waals surface area (Å²) in [7, 11) is 0. The molecule has 0 bridgehead atoms. The van der Waals surface area contributed by atoms with Crippen LogP contribution in [0.1, 0.15) is 22.8 Å². The Balaban J connectivity index is 2.05. The molecule has 0 aromatic heterocycles. The number of anilines is 1. The van der Waals surface area contributed by atoms with E-state index in [9.17, 15) is 9.59 Å². The number of hydrogen-bond acceptors (Lipinski definition) is 4. The van der Waals surface area contributed by atoms with E-state index < -0.39 is 5.97 Å². The maximum atomic E-state index is 11.9. The van der Waals surface area contributed by atoms with E-state index in [1.807, 2.05) is 6.07 Å². The fourth-order valence-corrected chi connectivity index (χ4v) is 1.66. The smallest absolute Gasteiger partial charge is 0.343 e. The Bertz CT molecular complexity index is 698. The summed E-state index contributed by atoms with van der Waals surface area (Å²) in [5, 5.41) is 11.3. The molecule has 0 aliphatic heterocycles. The van der Waals surface area contributed by atoms with Crippen molar-refractivity contribution in [1.29, 1.82) is 5.26 Å². The van der Waals surface area contributed by atoms with Crippen LogP contribution in [0.3, 0.4) is 0 Å². The largest absolute Gasteiger partial charge is 0.423 e. The molecule has 5 nitrogen and oxygen atoms in total. The third-order valence-corrected chi connectivity index (χ3v) is 2.63. The Kier molecular flexibility index (Phi) is 4.32. The number of nitrogens with one attached hydrogen (secondary N) is 1. The topological polar surface area (TPSA) is 79.2 Å². The molecule has 2 aromatic carbocycles. The van der Waals surface area contributed by atoms with E-state index in [2.05, 4.69) is 5.32 Å². The molecule has 0 unspecified atom stereocenters. The van der Waals surface area contributed by atoms with Crippen molar-refractivity contribution in [3.63, 3.8) is 0 Å². The summed E-state index contributed by atoms with van der Waals surface area (Å²) in [6.45, 7) is 1.41. The first kappa shape index (κ1) is 14.3. The summed E-state index contributed by atoms with van der Waals surface area (Å²) < 4.78 is 5.19. The summed E-state index contributed by atoms with van der Waals surface area (Å²) in [4.78, 5) is 22.8. The van der Waals surface area contributed by atoms with Crippen molar-refractivity contribution in [3.05, 3.63) is 59.7 Å². The second kappa shape index (κ2) is 6.35. The van der Waals surface area contributed by atoms with Crippen molar-refractivity contribution in [1.82, 2.24) is 0 Å². The van der Waals surface area contributed by atoms with Gasteiger partial charge in [0.15, 0.2) is 0 Å². The number of amides is 1. The molecule has 0 saturated heterocycles. The van der Waals surface area contributed by atoms with Gasteiger partial charge in [0.25, 0.3) is 0 Å². The van der Waals surface area contributed by atoms with E-state index in [-0.39, 0.29) is 5.91 Å². The van der Waals surface area contributed by atoms with Gasteiger partial charge in [0.1, 0.15) is 5.75 Å². The molecule has 0 fully saturated rings. The molecule has 0 spiro atoms. The van der Waals surface area contributed by atoms with Crippen molar-refractivity contribution in [2.24, 2.45) is 0 Å². The fraction of sp³-hybridized carbons (Fsp3) is 0.0625. The van der Waals surface area contributed by atoms with E-state index in [1.165, 1.54) is 6.92 Å². The minimum atomic E-state index is -0.505. The molecule has 2 aromatic rings. The Morgan fingerprint density at radius 1 is 1.05 bits per heavy atom. The maximum Gasteiger partial charge on any atom is 0.343 e. The van der Waals surface area contributed by atoms with Gasteiger partial charge in [0, 0.05) is 12.6 Å². The first-order valence-electron chi connectivity index (χ1n) is 6.18. The number of ether oxygens (including phenoxy) is 1. The third kappa shape index (κ3) is 3.91. The number of carbonyl (C=O) groups is 2. The van der Waals surface area contributed by atoms with Gasteiger partial charge in [-0.2, -0.15) is 5.26 Å². The fourth-order valence-electron chi connectivity index (χ4n) is 1.66. The zero-order valence-electron chi connectivity index (χ0n) is 11.3. The average Bonchev–Trinajstić information content (AvgIpc) is 2.48. The summed E-state index contributed by atoms with van der Waals surface area (Å²) in [6.07, 6.45) is 0. The first-order chi connectivity index (χ1) is 10.1. The summed E-state index contributed by atoms with van der Waals surface area (Å²) >= 11 is 0. The van der Waals surface area contributed by atoms with Gasteiger partial charge in [-0.05, 0) is 48.5 Å². The van der Waals surface area contributed by atoms with Gasteiger partial charge in [-0.25, -0.2) is 4.79 Å². The number of esters is 1. The maximum absolute atomic E-state index is 11.9. The second-order valence-electron chi connectivity index (χ2n) is 4.28. The van der Waals surface area contributed by atoms with Crippen molar-refractivity contribution >= 4 is 17.6 Å². The molecule has 0 heterocycles. The molecule has 0 radical (unpaired) electrons. The van der Waals surface area contributed by atoms with Gasteiger partial charge in [0.05, 0.1) is 17.2 Å². The Morgan fingerprint density at radius 2 is 1.67 bits per heavy atom. The van der Waals surface area contributed by atoms with Crippen LogP contribution in [0.15, 0.2) is 48.5 Å². The average molecular weight is 280 g/mol. The molecule has 21 heavy (non-hydrogen) atoms. The molecule has 2 rings (SSSR count). The van der Waals surface area contributed by atoms with E-state index in [1.54, 1.807) is 48.5 Å². The lowest BCUT2D eigenvalue weighted by Crippen LogP contribution is -2.09. The molecular formula is C16H12N2O3. The summed E-state index contributed by atoms with van der Waals surface area (Å²) in [5.74, 6) is -0.318. The van der Waals surface area contributed by atoms with Gasteiger partial charge in [0.2, 0.25) is 5.91 Å². The van der Waals surface area contributed by atoms with Crippen LogP contribution < -0.4 is 10.1 Å². The minimum absolute atomic E-state index is 0.178. The van der Waals surface area contributed by atoms with E-state index in [4.69, 9.17) is 10.00 Å². The minimum Gasteiger partial charge on any atom is -0.423 e. The molecule has 0 saturated carbocycles. The molecule has 0 aliphatic rings. The van der Waals surface area contributed by atoms with E-state index >= 15 is 0 Å². The number of hydrogen-bond donors (Lipinski definition) is 1. The highest BCUT2D eigenvalue weighted by Gasteiger charge is 2.08. The second-order valence-corrected chi connectivity index (χ2v) is 4.28. The van der Waals surface area contributed by atoms with Gasteiger partial charge < -0.3 is 10.1 Å². The van der Waals surface area contributed by atoms with Gasteiger partial charge in [-0.15, -0.1) is 0 Å². The Labute approximate surface area is 121 Å². The standard InChI is InChI=1S/C16H12N2O3/c1-11(19)18-14-6-4-13(5-7-14)16(20)21-15-8-2-12(10-17)3-9-15/h2-9H,1H3,(H,18,19). The summed E-state index contributed by atoms with van der Waals surface area (Å²) in [5.41, 5.74) is 1.47. The van der Waals surface area contributed by atoms with Crippen molar-refractivity contribution < 1.29 is 14.3 Å². The summed E-state index contributed by atoms with van der Waals surface area (Å²) in [6, 6.07) is 14.6. The molecule has 1 N–H and O–H groups in total. The lowest BCUT2D eigenvalue weighted by molar-refractivity contribution is -0.114. The van der Waals surface area contributed by atoms with E-state index in [0.29, 0.717) is 22.6 Å². The number of benzene rings is 2. The van der Waals surface area contributed by atoms with Crippen LogP contribution >= 0.6 is 0 Å². The highest BCUT2D eigenvalue weighted by Crippen LogP contribution is 2.15. The monoisotopic (exact) mass is 280 g/mol. The predicted octanol–water partition coefficient (Wildman–Crippen LogP) is 2.74. The van der Waals surface area contributed by atoms with Crippen molar-refractivity contribution in [3.8, 4) is 11.8 Å². The SMILES string of the molecule is CC(=O)Nc1ccc(C(=O)Oc2ccc(C#N)cc2)cc1. The lowest BCUT2D eigenvalue weighted by atomic mass is 10.2. The van der Waals surface area contributed by atoms with Crippen LogP contribution in [-0.4, -0.2) is 11.9 Å². The van der Waals surface area contributed by atoms with Gasteiger partial charge in [-0.1, -0.05) is 0 Å². The van der Waals surface area contributed by atoms with Gasteiger partial charge >= 0.3 is 5.97 Å².